The molecule has 0 amide bonds. The summed E-state index contributed by atoms with van der Waals surface area (Å²) in [4.78, 5) is 6.76. The van der Waals surface area contributed by atoms with Gasteiger partial charge in [0.2, 0.25) is 11.1 Å². The molecule has 28 heavy (non-hydrogen) atoms. The third kappa shape index (κ3) is 3.25. The van der Waals surface area contributed by atoms with Gasteiger partial charge in [0.15, 0.2) is 5.58 Å². The molecule has 0 saturated carbocycles. The zero-order valence-corrected chi connectivity index (χ0v) is 16.2. The van der Waals surface area contributed by atoms with E-state index in [1.54, 1.807) is 0 Å². The van der Waals surface area contributed by atoms with Crippen molar-refractivity contribution in [3.63, 3.8) is 0 Å². The van der Waals surface area contributed by atoms with Crippen molar-refractivity contribution in [1.82, 2.24) is 19.7 Å². The van der Waals surface area contributed by atoms with E-state index in [0.29, 0.717) is 18.4 Å². The summed E-state index contributed by atoms with van der Waals surface area (Å²) in [6, 6.07) is 16.1. The zero-order valence-electron chi connectivity index (χ0n) is 15.4. The first-order chi connectivity index (χ1) is 13.8. The normalized spacial score (nSPS) is 14.7. The number of nitrogens with zero attached hydrogens (tertiary/aromatic N) is 5. The fourth-order valence-corrected chi connectivity index (χ4v) is 3.98. The van der Waals surface area contributed by atoms with Crippen LogP contribution in [0.4, 0.5) is 5.95 Å². The van der Waals surface area contributed by atoms with Crippen LogP contribution in [0.3, 0.4) is 0 Å². The fourth-order valence-electron chi connectivity index (χ4n) is 3.19. The van der Waals surface area contributed by atoms with Crippen LogP contribution in [0.5, 0.6) is 0 Å². The molecule has 1 aliphatic rings. The number of hydrogen-bond donors (Lipinski definition) is 0. The molecule has 142 valence electrons. The van der Waals surface area contributed by atoms with E-state index in [-0.39, 0.29) is 0 Å². The van der Waals surface area contributed by atoms with Crippen molar-refractivity contribution < 1.29 is 9.15 Å². The minimum absolute atomic E-state index is 0.551. The third-order valence-electron chi connectivity index (χ3n) is 4.66. The summed E-state index contributed by atoms with van der Waals surface area (Å²) in [6.07, 6.45) is 0. The van der Waals surface area contributed by atoms with Gasteiger partial charge >= 0.3 is 0 Å². The van der Waals surface area contributed by atoms with Crippen LogP contribution in [-0.2, 0) is 4.74 Å². The third-order valence-corrected chi connectivity index (χ3v) is 5.45. The van der Waals surface area contributed by atoms with Gasteiger partial charge in [0, 0.05) is 24.9 Å². The molecule has 3 heterocycles. The Morgan fingerprint density at radius 3 is 2.54 bits per heavy atom. The molecule has 0 spiro atoms. The molecular weight excluding hydrogens is 374 g/mol. The lowest BCUT2D eigenvalue weighted by Crippen LogP contribution is -2.37. The maximum absolute atomic E-state index is 5.87. The minimum atomic E-state index is 0.551. The number of oxazole rings is 1. The lowest BCUT2D eigenvalue weighted by Gasteiger charge is -2.27. The van der Waals surface area contributed by atoms with Crippen molar-refractivity contribution in [3.8, 4) is 5.69 Å². The second-order valence-corrected chi connectivity index (χ2v) is 7.52. The number of hydrogen-bond acceptors (Lipinski definition) is 7. The lowest BCUT2D eigenvalue weighted by molar-refractivity contribution is 0.122. The quantitative estimate of drug-likeness (QED) is 0.523. The lowest BCUT2D eigenvalue weighted by atomic mass is 10.2. The minimum Gasteiger partial charge on any atom is -0.431 e. The van der Waals surface area contributed by atoms with Crippen molar-refractivity contribution in [2.45, 2.75) is 17.3 Å². The first-order valence-corrected chi connectivity index (χ1v) is 9.98. The van der Waals surface area contributed by atoms with Crippen LogP contribution in [-0.4, -0.2) is 46.1 Å². The van der Waals surface area contributed by atoms with Gasteiger partial charge in [0.25, 0.3) is 5.22 Å². The van der Waals surface area contributed by atoms with E-state index < -0.39 is 0 Å². The first-order valence-electron chi connectivity index (χ1n) is 9.16. The van der Waals surface area contributed by atoms with E-state index in [9.17, 15) is 0 Å². The number of benzene rings is 2. The van der Waals surface area contributed by atoms with Crippen molar-refractivity contribution in [1.29, 1.82) is 0 Å². The smallest absolute Gasteiger partial charge is 0.264 e. The number of rotatable bonds is 4. The van der Waals surface area contributed by atoms with E-state index in [1.807, 2.05) is 24.3 Å². The van der Waals surface area contributed by atoms with Gasteiger partial charge < -0.3 is 14.1 Å². The van der Waals surface area contributed by atoms with Gasteiger partial charge in [0.1, 0.15) is 5.52 Å². The maximum atomic E-state index is 5.87. The summed E-state index contributed by atoms with van der Waals surface area (Å²) in [5.74, 6) is 0.811. The van der Waals surface area contributed by atoms with E-state index in [1.165, 1.54) is 17.3 Å². The summed E-state index contributed by atoms with van der Waals surface area (Å²) >= 11 is 1.38. The largest absolute Gasteiger partial charge is 0.431 e. The molecule has 8 heteroatoms. The van der Waals surface area contributed by atoms with Gasteiger partial charge in [-0.15, -0.1) is 10.2 Å². The van der Waals surface area contributed by atoms with Crippen molar-refractivity contribution in [2.75, 3.05) is 31.2 Å². The Bertz CT molecular complexity index is 1070. The fraction of sp³-hybridized carbons (Fsp3) is 0.250. The summed E-state index contributed by atoms with van der Waals surface area (Å²) < 4.78 is 13.4. The summed E-state index contributed by atoms with van der Waals surface area (Å²) in [6.45, 7) is 5.03. The van der Waals surface area contributed by atoms with Crippen LogP contribution in [0.25, 0.3) is 16.8 Å². The number of para-hydroxylation sites is 2. The number of morpholine rings is 1. The van der Waals surface area contributed by atoms with E-state index in [2.05, 4.69) is 55.8 Å². The predicted molar refractivity (Wildman–Crippen MR) is 107 cm³/mol. The zero-order chi connectivity index (χ0) is 18.9. The molecule has 0 unspecified atom stereocenters. The SMILES string of the molecule is Cc1ccc(-n2c(Sc3nc4ccccc4o3)nnc2N2CCOCC2)cc1. The Labute approximate surface area is 166 Å². The molecule has 5 rings (SSSR count). The van der Waals surface area contributed by atoms with Crippen LogP contribution in [0.1, 0.15) is 5.56 Å². The Balaban J connectivity index is 1.56. The molecule has 4 aromatic rings. The molecule has 1 aliphatic heterocycles. The molecule has 0 N–H and O–H groups in total. The second-order valence-electron chi connectivity index (χ2n) is 6.60. The Kier molecular flexibility index (Phi) is 4.50. The monoisotopic (exact) mass is 393 g/mol. The topological polar surface area (TPSA) is 69.2 Å². The Morgan fingerprint density at radius 1 is 0.964 bits per heavy atom. The number of fused-ring (bicyclic) bond motifs is 1. The highest BCUT2D eigenvalue weighted by Crippen LogP contribution is 2.33. The maximum Gasteiger partial charge on any atom is 0.264 e. The average Bonchev–Trinajstić information content (AvgIpc) is 3.33. The molecule has 0 radical (unpaired) electrons. The van der Waals surface area contributed by atoms with Gasteiger partial charge in [-0.2, -0.15) is 0 Å². The van der Waals surface area contributed by atoms with Gasteiger partial charge in [0.05, 0.1) is 18.9 Å². The van der Waals surface area contributed by atoms with Crippen LogP contribution >= 0.6 is 11.8 Å². The molecule has 2 aromatic heterocycles. The molecule has 0 bridgehead atoms. The van der Waals surface area contributed by atoms with Gasteiger partial charge in [-0.1, -0.05) is 29.8 Å². The Hall–Kier alpha value is -2.84. The standard InChI is InChI=1S/C20H19N5O2S/c1-14-6-8-15(9-7-14)25-18(24-10-12-26-13-11-24)22-23-19(25)28-20-21-16-4-2-3-5-17(16)27-20/h2-9H,10-13H2,1H3. The van der Waals surface area contributed by atoms with Gasteiger partial charge in [-0.3, -0.25) is 4.57 Å². The van der Waals surface area contributed by atoms with Gasteiger partial charge in [-0.25, -0.2) is 4.98 Å². The highest BCUT2D eigenvalue weighted by atomic mass is 32.2. The van der Waals surface area contributed by atoms with Crippen molar-refractivity contribution in [2.24, 2.45) is 0 Å². The van der Waals surface area contributed by atoms with Crippen LogP contribution in [0.2, 0.25) is 0 Å². The first kappa shape index (κ1) is 17.3. The van der Waals surface area contributed by atoms with E-state index in [0.717, 1.165) is 41.0 Å². The number of anilines is 1. The average molecular weight is 393 g/mol. The number of aromatic nitrogens is 4. The molecule has 1 saturated heterocycles. The molecule has 2 aromatic carbocycles. The van der Waals surface area contributed by atoms with Crippen LogP contribution < -0.4 is 4.90 Å². The molecule has 0 aliphatic carbocycles. The summed E-state index contributed by atoms with van der Waals surface area (Å²) in [5.41, 5.74) is 3.81. The predicted octanol–water partition coefficient (Wildman–Crippen LogP) is 3.70. The molecular formula is C20H19N5O2S. The highest BCUT2D eigenvalue weighted by Gasteiger charge is 2.23. The van der Waals surface area contributed by atoms with E-state index in [4.69, 9.17) is 9.15 Å². The molecule has 1 fully saturated rings. The van der Waals surface area contributed by atoms with Gasteiger partial charge in [-0.05, 0) is 31.2 Å². The van der Waals surface area contributed by atoms with Crippen molar-refractivity contribution >= 4 is 28.8 Å². The highest BCUT2D eigenvalue weighted by molar-refractivity contribution is 7.99. The van der Waals surface area contributed by atoms with Crippen LogP contribution in [0, 0.1) is 6.92 Å². The number of ether oxygens (including phenoxy) is 1. The second kappa shape index (κ2) is 7.29. The van der Waals surface area contributed by atoms with Crippen LogP contribution in [0.15, 0.2) is 63.3 Å². The summed E-state index contributed by atoms with van der Waals surface area (Å²) in [7, 11) is 0. The summed E-state index contributed by atoms with van der Waals surface area (Å²) in [5, 5.41) is 10.2. The molecule has 7 nitrogen and oxygen atoms in total. The Morgan fingerprint density at radius 2 is 1.75 bits per heavy atom. The number of aryl methyl sites for hydroxylation is 1. The molecule has 0 atom stereocenters. The van der Waals surface area contributed by atoms with E-state index >= 15 is 0 Å². The van der Waals surface area contributed by atoms with Crippen molar-refractivity contribution in [3.05, 3.63) is 54.1 Å².